The molecule has 0 aromatic heterocycles. The van der Waals surface area contributed by atoms with E-state index in [9.17, 15) is 0 Å². The van der Waals surface area contributed by atoms with Gasteiger partial charge in [-0.15, -0.1) is 0 Å². The number of rotatable bonds is 11. The van der Waals surface area contributed by atoms with Crippen molar-refractivity contribution in [3.8, 4) is 67.1 Å². The van der Waals surface area contributed by atoms with E-state index in [1.165, 1.54) is 21.9 Å². The highest BCUT2D eigenvalue weighted by molar-refractivity contribution is 7.02. The first-order valence-electron chi connectivity index (χ1n) is 33.5. The monoisotopic (exact) mass is 1230 g/mol. The van der Waals surface area contributed by atoms with E-state index in [4.69, 9.17) is 4.74 Å². The van der Waals surface area contributed by atoms with Crippen molar-refractivity contribution in [2.45, 2.75) is 0 Å². The van der Waals surface area contributed by atoms with Crippen LogP contribution in [0.2, 0.25) is 0 Å². The fraction of sp³-hybridized carbons (Fsp3) is 0. The standard InChI is InChI=1S/C90H60B2N4O/c1-9-31-61(32-10-1)66-55-82-87-83(56-66)96(90-73(64-37-15-4-16-38-64)49-30-50-74(90)65-39-17-5-18-40-65)81-60-85-78(59-77(81)91(87)76-52-26-28-54-80(76)95(82)89-71(62-33-11-2-12-34-62)47-29-48-72(89)63-35-13-3-14-36-63)92-75-51-25-27-53-79(75)94(69-45-23-8-24-46-69)84-57-70(58-86(97-85)88(84)92)93(67-41-19-6-20-42-67)68-43-21-7-22-44-68/h1-60H. The molecule has 97 heavy (non-hydrogen) atoms. The molecule has 0 saturated heterocycles. The Morgan fingerprint density at radius 3 is 1.08 bits per heavy atom. The molecule has 0 fully saturated rings. The van der Waals surface area contributed by atoms with Crippen LogP contribution in [0.15, 0.2) is 364 Å². The van der Waals surface area contributed by atoms with Gasteiger partial charge in [0.05, 0.1) is 17.1 Å². The molecule has 15 aromatic rings. The molecule has 4 heterocycles. The lowest BCUT2D eigenvalue weighted by Gasteiger charge is -2.46. The van der Waals surface area contributed by atoms with E-state index in [0.717, 1.165) is 146 Å². The van der Waals surface area contributed by atoms with Crippen molar-refractivity contribution >= 4 is 114 Å². The summed E-state index contributed by atoms with van der Waals surface area (Å²) >= 11 is 0. The van der Waals surface area contributed by atoms with Gasteiger partial charge < -0.3 is 24.3 Å². The summed E-state index contributed by atoms with van der Waals surface area (Å²) in [5, 5.41) is 0. The van der Waals surface area contributed by atoms with Crippen molar-refractivity contribution in [2.24, 2.45) is 0 Å². The predicted molar refractivity (Wildman–Crippen MR) is 408 cm³/mol. The third-order valence-corrected chi connectivity index (χ3v) is 20.0. The molecule has 0 atom stereocenters. The Labute approximate surface area is 566 Å². The van der Waals surface area contributed by atoms with Gasteiger partial charge in [0.15, 0.2) is 0 Å². The van der Waals surface area contributed by atoms with Crippen LogP contribution < -0.4 is 57.1 Å². The van der Waals surface area contributed by atoms with Crippen molar-refractivity contribution in [1.82, 2.24) is 0 Å². The van der Waals surface area contributed by atoms with E-state index in [2.05, 4.69) is 384 Å². The quantitative estimate of drug-likeness (QED) is 0.120. The molecule has 7 heteroatoms. The number of para-hydroxylation sites is 7. The van der Waals surface area contributed by atoms with Gasteiger partial charge in [0.25, 0.3) is 13.4 Å². The van der Waals surface area contributed by atoms with Gasteiger partial charge in [-0.25, -0.2) is 0 Å². The molecular formula is C90H60B2N4O. The van der Waals surface area contributed by atoms with Crippen LogP contribution >= 0.6 is 0 Å². The maximum atomic E-state index is 7.92. The SMILES string of the molecule is c1ccc(-c2cc3c4c(c2)N(c2c(-c5ccccc5)cccc2-c2ccccc2)c2cc5c(cc2B4c2ccccc2N3c2c(-c3ccccc3)cccc2-c2ccccc2)B2c3ccccc3N(c3ccccc3)c3cc(N(c4ccccc4)c4ccccc4)cc(c32)O5)cc1. The van der Waals surface area contributed by atoms with Crippen LogP contribution in [0.25, 0.3) is 55.6 Å². The molecule has 4 aliphatic rings. The molecule has 0 bridgehead atoms. The molecule has 19 rings (SSSR count). The lowest BCUT2D eigenvalue weighted by Crippen LogP contribution is -2.64. The second-order valence-electron chi connectivity index (χ2n) is 25.4. The fourth-order valence-corrected chi connectivity index (χ4v) is 16.0. The molecule has 0 aliphatic carbocycles. The number of anilines is 12. The van der Waals surface area contributed by atoms with Gasteiger partial charge in [-0.2, -0.15) is 0 Å². The minimum Gasteiger partial charge on any atom is -0.458 e. The summed E-state index contributed by atoms with van der Waals surface area (Å²) in [7, 11) is 0. The van der Waals surface area contributed by atoms with Gasteiger partial charge in [0.1, 0.15) is 11.5 Å². The van der Waals surface area contributed by atoms with Crippen molar-refractivity contribution in [3.05, 3.63) is 364 Å². The Kier molecular flexibility index (Phi) is 13.4. The van der Waals surface area contributed by atoms with Gasteiger partial charge in [-0.3, -0.25) is 0 Å². The first-order valence-corrected chi connectivity index (χ1v) is 33.5. The molecule has 452 valence electrons. The zero-order valence-electron chi connectivity index (χ0n) is 53.0. The van der Waals surface area contributed by atoms with Crippen LogP contribution in [0.5, 0.6) is 11.5 Å². The van der Waals surface area contributed by atoms with Crippen LogP contribution in [-0.4, -0.2) is 13.4 Å². The van der Waals surface area contributed by atoms with Gasteiger partial charge in [0.2, 0.25) is 0 Å². The van der Waals surface area contributed by atoms with E-state index >= 15 is 0 Å². The molecule has 5 nitrogen and oxygen atoms in total. The zero-order valence-corrected chi connectivity index (χ0v) is 53.0. The lowest BCUT2D eigenvalue weighted by atomic mass is 9.30. The van der Waals surface area contributed by atoms with E-state index < -0.39 is 0 Å². The Morgan fingerprint density at radius 2 is 0.608 bits per heavy atom. The summed E-state index contributed by atoms with van der Waals surface area (Å²) in [6.45, 7) is -0.473. The average molecular weight is 1240 g/mol. The van der Waals surface area contributed by atoms with Crippen LogP contribution in [0.4, 0.5) is 68.2 Å². The van der Waals surface area contributed by atoms with Crippen molar-refractivity contribution in [2.75, 3.05) is 19.6 Å². The first kappa shape index (κ1) is 56.0. The van der Waals surface area contributed by atoms with Gasteiger partial charge >= 0.3 is 0 Å². The number of hydrogen-bond donors (Lipinski definition) is 0. The van der Waals surface area contributed by atoms with Crippen LogP contribution in [0, 0.1) is 0 Å². The third-order valence-electron chi connectivity index (χ3n) is 20.0. The van der Waals surface area contributed by atoms with Crippen molar-refractivity contribution < 1.29 is 4.74 Å². The number of nitrogens with zero attached hydrogens (tertiary/aromatic N) is 4. The van der Waals surface area contributed by atoms with E-state index in [1.807, 2.05) is 0 Å². The summed E-state index contributed by atoms with van der Waals surface area (Å²) in [6.07, 6.45) is 0. The van der Waals surface area contributed by atoms with E-state index in [1.54, 1.807) is 0 Å². The normalized spacial score (nSPS) is 12.7. The lowest BCUT2D eigenvalue weighted by molar-refractivity contribution is 0.488. The summed E-state index contributed by atoms with van der Waals surface area (Å²) in [6, 6.07) is 134. The Hall–Kier alpha value is -12.6. The Bertz CT molecular complexity index is 5360. The Balaban J connectivity index is 0.945. The highest BCUT2D eigenvalue weighted by Gasteiger charge is 2.49. The summed E-state index contributed by atoms with van der Waals surface area (Å²) < 4.78 is 7.92. The number of ether oxygens (including phenoxy) is 1. The Morgan fingerprint density at radius 1 is 0.227 bits per heavy atom. The molecule has 15 aromatic carbocycles. The molecule has 0 N–H and O–H groups in total. The molecule has 4 aliphatic heterocycles. The average Bonchev–Trinajstić information content (AvgIpc) is 0.694. The molecular weight excluding hydrogens is 1170 g/mol. The van der Waals surface area contributed by atoms with Crippen LogP contribution in [-0.2, 0) is 0 Å². The second kappa shape index (κ2) is 23.2. The molecule has 0 spiro atoms. The number of hydrogen-bond acceptors (Lipinski definition) is 5. The molecule has 0 amide bonds. The molecule has 0 saturated carbocycles. The third kappa shape index (κ3) is 9.18. The van der Waals surface area contributed by atoms with E-state index in [0.29, 0.717) is 0 Å². The molecule has 0 unspecified atom stereocenters. The topological polar surface area (TPSA) is 22.2 Å². The van der Waals surface area contributed by atoms with Crippen LogP contribution in [0.3, 0.4) is 0 Å². The van der Waals surface area contributed by atoms with Gasteiger partial charge in [0, 0.05) is 85.6 Å². The summed E-state index contributed by atoms with van der Waals surface area (Å²) in [4.78, 5) is 10.1. The maximum Gasteiger partial charge on any atom is 0.256 e. The highest BCUT2D eigenvalue weighted by atomic mass is 16.5. The second-order valence-corrected chi connectivity index (χ2v) is 25.4. The number of benzene rings is 15. The number of fused-ring (bicyclic) bond motifs is 8. The molecule has 0 radical (unpaired) electrons. The zero-order chi connectivity index (χ0) is 63.9. The van der Waals surface area contributed by atoms with Crippen molar-refractivity contribution in [3.63, 3.8) is 0 Å². The summed E-state index contributed by atoms with van der Waals surface area (Å²) in [5.74, 6) is 1.63. The fourth-order valence-electron chi connectivity index (χ4n) is 16.0. The van der Waals surface area contributed by atoms with Gasteiger partial charge in [-0.1, -0.05) is 285 Å². The summed E-state index contributed by atoms with van der Waals surface area (Å²) in [5.41, 5.74) is 31.3. The largest absolute Gasteiger partial charge is 0.458 e. The smallest absolute Gasteiger partial charge is 0.256 e. The van der Waals surface area contributed by atoms with Crippen LogP contribution in [0.1, 0.15) is 0 Å². The predicted octanol–water partition coefficient (Wildman–Crippen LogP) is 20.0. The van der Waals surface area contributed by atoms with E-state index in [-0.39, 0.29) is 13.4 Å². The minimum atomic E-state index is -0.250. The first-order chi connectivity index (χ1) is 48.2. The minimum absolute atomic E-state index is 0.223. The highest BCUT2D eigenvalue weighted by Crippen LogP contribution is 2.55. The maximum absolute atomic E-state index is 7.92. The van der Waals surface area contributed by atoms with Gasteiger partial charge in [-0.05, 0) is 133 Å². The van der Waals surface area contributed by atoms with Crippen molar-refractivity contribution in [1.29, 1.82) is 0 Å².